The molecule has 0 aromatic carbocycles. The van der Waals surface area contributed by atoms with Gasteiger partial charge in [-0.3, -0.25) is 4.79 Å². The highest BCUT2D eigenvalue weighted by molar-refractivity contribution is 5.88. The van der Waals surface area contributed by atoms with E-state index in [1.165, 1.54) is 32.4 Å². The largest absolute Gasteiger partial charge is 0.465 e. The number of aliphatic hydroxyl groups excluding tert-OH is 2. The van der Waals surface area contributed by atoms with E-state index in [1.807, 2.05) is 0 Å². The molecule has 6 nitrogen and oxygen atoms in total. The molecule has 1 rings (SSSR count). The molecule has 0 bridgehead atoms. The van der Waals surface area contributed by atoms with Crippen molar-refractivity contribution >= 4 is 5.97 Å². The van der Waals surface area contributed by atoms with E-state index in [-0.39, 0.29) is 5.56 Å². The van der Waals surface area contributed by atoms with Crippen molar-refractivity contribution in [3.63, 3.8) is 0 Å². The molecule has 1 aromatic heterocycles. The molecule has 0 aliphatic rings. The number of rotatable bonds is 4. The molecule has 0 saturated carbocycles. The number of aliphatic hydroxyl groups is 2. The maximum absolute atomic E-state index is 12.0. The summed E-state index contributed by atoms with van der Waals surface area (Å²) >= 11 is 0. The standard InChI is InChI=1S/C11H15NO5/c1-11(6-13,7-14)12-5-3-4-8(9(12)15)10(16)17-2/h3-5,13-14H,6-7H2,1-2H3. The first-order valence-electron chi connectivity index (χ1n) is 5.02. The topological polar surface area (TPSA) is 88.8 Å². The van der Waals surface area contributed by atoms with Gasteiger partial charge in [-0.15, -0.1) is 0 Å². The van der Waals surface area contributed by atoms with Crippen LogP contribution in [0.3, 0.4) is 0 Å². The summed E-state index contributed by atoms with van der Waals surface area (Å²) < 4.78 is 5.60. The summed E-state index contributed by atoms with van der Waals surface area (Å²) in [6.45, 7) is 0.664. The third-order valence-electron chi connectivity index (χ3n) is 2.62. The van der Waals surface area contributed by atoms with Gasteiger partial charge in [0.15, 0.2) is 0 Å². The van der Waals surface area contributed by atoms with E-state index in [0.717, 1.165) is 4.57 Å². The number of hydrogen-bond acceptors (Lipinski definition) is 5. The van der Waals surface area contributed by atoms with E-state index in [9.17, 15) is 19.8 Å². The molecule has 0 spiro atoms. The van der Waals surface area contributed by atoms with Crippen molar-refractivity contribution in [1.29, 1.82) is 0 Å². The Labute approximate surface area is 98.1 Å². The van der Waals surface area contributed by atoms with E-state index in [0.29, 0.717) is 0 Å². The zero-order valence-electron chi connectivity index (χ0n) is 9.71. The maximum Gasteiger partial charge on any atom is 0.343 e. The van der Waals surface area contributed by atoms with Crippen molar-refractivity contribution in [3.8, 4) is 0 Å². The molecule has 0 aliphatic carbocycles. The van der Waals surface area contributed by atoms with Gasteiger partial charge in [0.05, 0.1) is 25.9 Å². The van der Waals surface area contributed by atoms with Crippen LogP contribution in [0.2, 0.25) is 0 Å². The predicted octanol–water partition coefficient (Wildman–Crippen LogP) is -0.665. The average Bonchev–Trinajstić information content (AvgIpc) is 2.37. The summed E-state index contributed by atoms with van der Waals surface area (Å²) in [5, 5.41) is 18.4. The Morgan fingerprint density at radius 3 is 2.53 bits per heavy atom. The number of nitrogens with zero attached hydrogens (tertiary/aromatic N) is 1. The lowest BCUT2D eigenvalue weighted by Crippen LogP contribution is -2.45. The molecule has 0 aliphatic heterocycles. The Hall–Kier alpha value is -1.66. The number of aromatic nitrogens is 1. The van der Waals surface area contributed by atoms with E-state index >= 15 is 0 Å². The van der Waals surface area contributed by atoms with Crippen LogP contribution in [-0.4, -0.2) is 41.1 Å². The number of hydrogen-bond donors (Lipinski definition) is 2. The van der Waals surface area contributed by atoms with Crippen LogP contribution in [0.25, 0.3) is 0 Å². The first-order chi connectivity index (χ1) is 8.00. The van der Waals surface area contributed by atoms with Crippen LogP contribution in [0.1, 0.15) is 17.3 Å². The average molecular weight is 241 g/mol. The van der Waals surface area contributed by atoms with Gasteiger partial charge in [-0.25, -0.2) is 4.79 Å². The van der Waals surface area contributed by atoms with Gasteiger partial charge in [0.25, 0.3) is 5.56 Å². The lowest BCUT2D eigenvalue weighted by Gasteiger charge is -2.27. The molecule has 0 unspecified atom stereocenters. The lowest BCUT2D eigenvalue weighted by atomic mass is 10.0. The first kappa shape index (κ1) is 13.4. The normalized spacial score (nSPS) is 11.3. The van der Waals surface area contributed by atoms with E-state index < -0.39 is 30.3 Å². The number of pyridine rings is 1. The molecule has 0 amide bonds. The summed E-state index contributed by atoms with van der Waals surface area (Å²) in [6.07, 6.45) is 1.40. The second-order valence-corrected chi connectivity index (χ2v) is 3.90. The molecule has 2 N–H and O–H groups in total. The fourth-order valence-electron chi connectivity index (χ4n) is 1.39. The van der Waals surface area contributed by atoms with Crippen LogP contribution in [0.4, 0.5) is 0 Å². The minimum absolute atomic E-state index is 0.136. The monoisotopic (exact) mass is 241 g/mol. The Kier molecular flexibility index (Phi) is 4.03. The SMILES string of the molecule is COC(=O)c1cccn(C(C)(CO)CO)c1=O. The van der Waals surface area contributed by atoms with Crippen molar-refractivity contribution < 1.29 is 19.7 Å². The zero-order valence-corrected chi connectivity index (χ0v) is 9.71. The van der Waals surface area contributed by atoms with Crippen LogP contribution in [0, 0.1) is 0 Å². The second-order valence-electron chi connectivity index (χ2n) is 3.90. The van der Waals surface area contributed by atoms with Gasteiger partial charge < -0.3 is 19.5 Å². The van der Waals surface area contributed by atoms with Crippen LogP contribution in [0.5, 0.6) is 0 Å². The number of carbonyl (C=O) groups excluding carboxylic acids is 1. The second kappa shape index (κ2) is 5.11. The highest BCUT2D eigenvalue weighted by atomic mass is 16.5. The summed E-state index contributed by atoms with van der Waals surface area (Å²) in [6, 6.07) is 2.82. The third-order valence-corrected chi connectivity index (χ3v) is 2.62. The fourth-order valence-corrected chi connectivity index (χ4v) is 1.39. The van der Waals surface area contributed by atoms with Crippen molar-refractivity contribution in [3.05, 3.63) is 34.2 Å². The Balaban J connectivity index is 3.38. The molecular formula is C11H15NO5. The van der Waals surface area contributed by atoms with Gasteiger partial charge >= 0.3 is 5.97 Å². The minimum Gasteiger partial charge on any atom is -0.465 e. The van der Waals surface area contributed by atoms with Crippen LogP contribution < -0.4 is 5.56 Å². The minimum atomic E-state index is -1.15. The molecule has 0 atom stereocenters. The van der Waals surface area contributed by atoms with Crippen molar-refractivity contribution in [2.75, 3.05) is 20.3 Å². The Bertz CT molecular complexity index is 461. The molecule has 0 fully saturated rings. The summed E-state index contributed by atoms with van der Waals surface area (Å²) in [5.74, 6) is -0.748. The molecular weight excluding hydrogens is 226 g/mol. The molecule has 1 aromatic rings. The van der Waals surface area contributed by atoms with Crippen LogP contribution in [0.15, 0.2) is 23.1 Å². The van der Waals surface area contributed by atoms with Gasteiger partial charge in [0.2, 0.25) is 0 Å². The molecule has 1 heterocycles. The highest BCUT2D eigenvalue weighted by Gasteiger charge is 2.27. The van der Waals surface area contributed by atoms with Gasteiger partial charge in [0, 0.05) is 6.20 Å². The summed E-state index contributed by atoms with van der Waals surface area (Å²) in [7, 11) is 1.18. The molecule has 6 heteroatoms. The smallest absolute Gasteiger partial charge is 0.343 e. The van der Waals surface area contributed by atoms with Gasteiger partial charge in [0.1, 0.15) is 5.56 Å². The number of methoxy groups -OCH3 is 1. The fraction of sp³-hybridized carbons (Fsp3) is 0.455. The predicted molar refractivity (Wildman–Crippen MR) is 59.9 cm³/mol. The Morgan fingerprint density at radius 1 is 1.47 bits per heavy atom. The van der Waals surface area contributed by atoms with Crippen molar-refractivity contribution in [1.82, 2.24) is 4.57 Å². The highest BCUT2D eigenvalue weighted by Crippen LogP contribution is 2.12. The number of esters is 1. The number of carbonyl (C=O) groups is 1. The third kappa shape index (κ3) is 2.37. The molecule has 0 saturated heterocycles. The first-order valence-corrected chi connectivity index (χ1v) is 5.02. The molecule has 17 heavy (non-hydrogen) atoms. The number of ether oxygens (including phenoxy) is 1. The van der Waals surface area contributed by atoms with Gasteiger partial charge in [-0.2, -0.15) is 0 Å². The van der Waals surface area contributed by atoms with E-state index in [4.69, 9.17) is 0 Å². The zero-order chi connectivity index (χ0) is 13.1. The lowest BCUT2D eigenvalue weighted by molar-refractivity contribution is 0.0583. The summed E-state index contributed by atoms with van der Waals surface area (Å²) in [5.41, 5.74) is -1.89. The van der Waals surface area contributed by atoms with Gasteiger partial charge in [-0.1, -0.05) is 0 Å². The van der Waals surface area contributed by atoms with E-state index in [1.54, 1.807) is 0 Å². The molecule has 94 valence electrons. The maximum atomic E-state index is 12.0. The van der Waals surface area contributed by atoms with Crippen LogP contribution in [-0.2, 0) is 10.3 Å². The summed E-state index contributed by atoms with van der Waals surface area (Å²) in [4.78, 5) is 23.3. The van der Waals surface area contributed by atoms with Crippen LogP contribution >= 0.6 is 0 Å². The molecule has 0 radical (unpaired) electrons. The Morgan fingerprint density at radius 2 is 2.06 bits per heavy atom. The van der Waals surface area contributed by atoms with E-state index in [2.05, 4.69) is 4.74 Å². The van der Waals surface area contributed by atoms with Gasteiger partial charge in [-0.05, 0) is 19.1 Å². The van der Waals surface area contributed by atoms with Crippen molar-refractivity contribution in [2.24, 2.45) is 0 Å². The van der Waals surface area contributed by atoms with Crippen molar-refractivity contribution in [2.45, 2.75) is 12.5 Å². The quantitative estimate of drug-likeness (QED) is 0.683.